The Labute approximate surface area is 119 Å². The van der Waals surface area contributed by atoms with Gasteiger partial charge in [-0.3, -0.25) is 0 Å². The van der Waals surface area contributed by atoms with Crippen LogP contribution in [0, 0.1) is 5.41 Å². The number of nitrogens with zero attached hydrogens (tertiary/aromatic N) is 1. The highest BCUT2D eigenvalue weighted by atomic mass is 32.2. The molecule has 2 rings (SSSR count). The Bertz CT molecular complexity index is 586. The second-order valence-corrected chi connectivity index (χ2v) is 7.31. The molecule has 6 nitrogen and oxygen atoms in total. The zero-order valence-electron chi connectivity index (χ0n) is 12.0. The van der Waals surface area contributed by atoms with E-state index in [0.29, 0.717) is 13.0 Å². The molecule has 0 saturated heterocycles. The lowest BCUT2D eigenvalue weighted by Gasteiger charge is -2.51. The van der Waals surface area contributed by atoms with Gasteiger partial charge in [0.15, 0.2) is 0 Å². The summed E-state index contributed by atoms with van der Waals surface area (Å²) in [5, 5.41) is 0. The third-order valence-corrected chi connectivity index (χ3v) is 5.38. The van der Waals surface area contributed by atoms with Crippen LogP contribution in [0.3, 0.4) is 0 Å². The van der Waals surface area contributed by atoms with Crippen LogP contribution in [0.5, 0.6) is 0 Å². The molecule has 1 saturated carbocycles. The molecule has 0 spiro atoms. The van der Waals surface area contributed by atoms with E-state index in [1.165, 1.54) is 18.3 Å². The molecule has 1 aromatic rings. The van der Waals surface area contributed by atoms with Gasteiger partial charge in [0.2, 0.25) is 10.0 Å². The van der Waals surface area contributed by atoms with Gasteiger partial charge in [0.1, 0.15) is 5.82 Å². The topological polar surface area (TPSA) is 94.3 Å². The third-order valence-electron chi connectivity index (χ3n) is 3.91. The SMILES string of the molecule is CCOC1CC(NS(=O)(=O)c2ccnc(N)c2)C1(C)C. The first kappa shape index (κ1) is 15.2. The van der Waals surface area contributed by atoms with Crippen LogP contribution in [0.15, 0.2) is 23.2 Å². The second kappa shape index (κ2) is 5.31. The quantitative estimate of drug-likeness (QED) is 0.850. The number of nitrogens with one attached hydrogen (secondary N) is 1. The van der Waals surface area contributed by atoms with Gasteiger partial charge in [-0.1, -0.05) is 13.8 Å². The number of aromatic nitrogens is 1. The Morgan fingerprint density at radius 1 is 1.55 bits per heavy atom. The maximum absolute atomic E-state index is 12.3. The van der Waals surface area contributed by atoms with Crippen LogP contribution in [0.25, 0.3) is 0 Å². The van der Waals surface area contributed by atoms with Crippen molar-refractivity contribution in [2.24, 2.45) is 5.41 Å². The van der Waals surface area contributed by atoms with Gasteiger partial charge in [0, 0.05) is 30.3 Å². The van der Waals surface area contributed by atoms with E-state index < -0.39 is 10.0 Å². The smallest absolute Gasteiger partial charge is 0.241 e. The number of hydrogen-bond donors (Lipinski definition) is 2. The highest BCUT2D eigenvalue weighted by Gasteiger charge is 2.50. The molecule has 0 aliphatic heterocycles. The van der Waals surface area contributed by atoms with Crippen molar-refractivity contribution in [1.29, 1.82) is 0 Å². The van der Waals surface area contributed by atoms with E-state index in [1.54, 1.807) is 0 Å². The van der Waals surface area contributed by atoms with Crippen molar-refractivity contribution in [2.45, 2.75) is 44.2 Å². The summed E-state index contributed by atoms with van der Waals surface area (Å²) in [5.74, 6) is 0.188. The van der Waals surface area contributed by atoms with E-state index in [0.717, 1.165) is 0 Å². The number of ether oxygens (including phenoxy) is 1. The van der Waals surface area contributed by atoms with Crippen LogP contribution < -0.4 is 10.5 Å². The number of nitrogen functional groups attached to an aromatic ring is 1. The Kier molecular flexibility index (Phi) is 4.04. The van der Waals surface area contributed by atoms with E-state index in [-0.39, 0.29) is 28.3 Å². The van der Waals surface area contributed by atoms with E-state index >= 15 is 0 Å². The predicted molar refractivity (Wildman–Crippen MR) is 76.6 cm³/mol. The molecule has 2 unspecified atom stereocenters. The minimum absolute atomic E-state index is 0.0858. The molecule has 1 fully saturated rings. The summed E-state index contributed by atoms with van der Waals surface area (Å²) >= 11 is 0. The van der Waals surface area contributed by atoms with Gasteiger partial charge in [-0.25, -0.2) is 18.1 Å². The van der Waals surface area contributed by atoms with E-state index in [2.05, 4.69) is 9.71 Å². The highest BCUT2D eigenvalue weighted by Crippen LogP contribution is 2.43. The number of pyridine rings is 1. The van der Waals surface area contributed by atoms with Crippen molar-refractivity contribution < 1.29 is 13.2 Å². The van der Waals surface area contributed by atoms with Crippen LogP contribution in [0.4, 0.5) is 5.82 Å². The Morgan fingerprint density at radius 3 is 2.80 bits per heavy atom. The molecule has 0 bridgehead atoms. The molecule has 20 heavy (non-hydrogen) atoms. The standard InChI is InChI=1S/C13H21N3O3S/c1-4-19-11-8-10(13(11,2)3)16-20(17,18)9-5-6-15-12(14)7-9/h5-7,10-11,16H,4,8H2,1-3H3,(H2,14,15). The monoisotopic (exact) mass is 299 g/mol. The third kappa shape index (κ3) is 2.79. The molecule has 1 aliphatic carbocycles. The van der Waals surface area contributed by atoms with Gasteiger partial charge in [-0.15, -0.1) is 0 Å². The van der Waals surface area contributed by atoms with Crippen molar-refractivity contribution in [1.82, 2.24) is 9.71 Å². The fourth-order valence-electron chi connectivity index (χ4n) is 2.42. The summed E-state index contributed by atoms with van der Waals surface area (Å²) in [7, 11) is -3.58. The predicted octanol–water partition coefficient (Wildman–Crippen LogP) is 1.15. The molecular formula is C13H21N3O3S. The van der Waals surface area contributed by atoms with Crippen LogP contribution in [0.1, 0.15) is 27.2 Å². The highest BCUT2D eigenvalue weighted by molar-refractivity contribution is 7.89. The van der Waals surface area contributed by atoms with Gasteiger partial charge >= 0.3 is 0 Å². The minimum Gasteiger partial charge on any atom is -0.384 e. The summed E-state index contributed by atoms with van der Waals surface area (Å²) in [6.45, 7) is 6.58. The van der Waals surface area contributed by atoms with Crippen LogP contribution in [-0.4, -0.2) is 32.2 Å². The first-order valence-electron chi connectivity index (χ1n) is 6.63. The largest absolute Gasteiger partial charge is 0.384 e. The van der Waals surface area contributed by atoms with Crippen LogP contribution in [-0.2, 0) is 14.8 Å². The molecule has 1 heterocycles. The minimum atomic E-state index is -3.58. The Hall–Kier alpha value is -1.18. The molecular weight excluding hydrogens is 278 g/mol. The number of hydrogen-bond acceptors (Lipinski definition) is 5. The lowest BCUT2D eigenvalue weighted by atomic mass is 9.65. The number of anilines is 1. The van der Waals surface area contributed by atoms with Crippen molar-refractivity contribution >= 4 is 15.8 Å². The molecule has 112 valence electrons. The van der Waals surface area contributed by atoms with Crippen molar-refractivity contribution in [3.05, 3.63) is 18.3 Å². The maximum atomic E-state index is 12.3. The average molecular weight is 299 g/mol. The second-order valence-electron chi connectivity index (χ2n) is 5.59. The molecule has 7 heteroatoms. The normalized spacial score (nSPS) is 25.1. The first-order chi connectivity index (χ1) is 9.27. The fraction of sp³-hybridized carbons (Fsp3) is 0.615. The molecule has 3 N–H and O–H groups in total. The van der Waals surface area contributed by atoms with Crippen molar-refractivity contribution in [2.75, 3.05) is 12.3 Å². The molecule has 0 aromatic carbocycles. The zero-order valence-corrected chi connectivity index (χ0v) is 12.8. The van der Waals surface area contributed by atoms with E-state index in [1.807, 2.05) is 20.8 Å². The summed E-state index contributed by atoms with van der Waals surface area (Å²) in [6, 6.07) is 2.65. The Balaban J connectivity index is 2.11. The summed E-state index contributed by atoms with van der Waals surface area (Å²) in [6.07, 6.45) is 2.15. The number of rotatable bonds is 5. The molecule has 0 radical (unpaired) electrons. The van der Waals surface area contributed by atoms with Gasteiger partial charge in [0.25, 0.3) is 0 Å². The molecule has 2 atom stereocenters. The molecule has 0 amide bonds. The maximum Gasteiger partial charge on any atom is 0.241 e. The van der Waals surface area contributed by atoms with Gasteiger partial charge < -0.3 is 10.5 Å². The molecule has 1 aromatic heterocycles. The van der Waals surface area contributed by atoms with Crippen LogP contribution in [0.2, 0.25) is 0 Å². The fourth-order valence-corrected chi connectivity index (χ4v) is 3.85. The van der Waals surface area contributed by atoms with Crippen molar-refractivity contribution in [3.8, 4) is 0 Å². The van der Waals surface area contributed by atoms with E-state index in [4.69, 9.17) is 10.5 Å². The molecule has 1 aliphatic rings. The lowest BCUT2D eigenvalue weighted by molar-refractivity contribution is -0.108. The van der Waals surface area contributed by atoms with Crippen molar-refractivity contribution in [3.63, 3.8) is 0 Å². The van der Waals surface area contributed by atoms with Gasteiger partial charge in [-0.05, 0) is 19.4 Å². The zero-order chi connectivity index (χ0) is 15.0. The first-order valence-corrected chi connectivity index (χ1v) is 8.11. The Morgan fingerprint density at radius 2 is 2.25 bits per heavy atom. The average Bonchev–Trinajstić information content (AvgIpc) is 2.37. The van der Waals surface area contributed by atoms with Crippen LogP contribution >= 0.6 is 0 Å². The number of nitrogens with two attached hydrogens (primary N) is 1. The summed E-state index contributed by atoms with van der Waals surface area (Å²) < 4.78 is 32.9. The summed E-state index contributed by atoms with van der Waals surface area (Å²) in [4.78, 5) is 3.94. The summed E-state index contributed by atoms with van der Waals surface area (Å²) in [5.41, 5.74) is 5.30. The lowest BCUT2D eigenvalue weighted by Crippen LogP contribution is -2.61. The van der Waals surface area contributed by atoms with Gasteiger partial charge in [0.05, 0.1) is 11.0 Å². The van der Waals surface area contributed by atoms with E-state index in [9.17, 15) is 8.42 Å². The number of sulfonamides is 1. The van der Waals surface area contributed by atoms with Gasteiger partial charge in [-0.2, -0.15) is 0 Å².